The fraction of sp³-hybridized carbons (Fsp3) is 0.263. The van der Waals surface area contributed by atoms with E-state index < -0.39 is 0 Å². The van der Waals surface area contributed by atoms with Crippen LogP contribution in [-0.4, -0.2) is 32.2 Å². The predicted octanol–water partition coefficient (Wildman–Crippen LogP) is 2.20. The van der Waals surface area contributed by atoms with Crippen molar-refractivity contribution < 1.29 is 14.3 Å². The Hall–Kier alpha value is -3.42. The van der Waals surface area contributed by atoms with Crippen molar-refractivity contribution in [2.75, 3.05) is 6.79 Å². The van der Waals surface area contributed by atoms with Gasteiger partial charge in [0, 0.05) is 30.7 Å². The van der Waals surface area contributed by atoms with E-state index in [-0.39, 0.29) is 18.7 Å². The molecule has 1 aliphatic heterocycles. The molecule has 3 aromatic rings. The van der Waals surface area contributed by atoms with Crippen LogP contribution in [0.2, 0.25) is 0 Å². The quantitative estimate of drug-likeness (QED) is 0.720. The van der Waals surface area contributed by atoms with Crippen molar-refractivity contribution in [3.05, 3.63) is 60.4 Å². The molecule has 4 rings (SSSR count). The molecule has 8 nitrogen and oxygen atoms in total. The van der Waals surface area contributed by atoms with E-state index >= 15 is 0 Å². The summed E-state index contributed by atoms with van der Waals surface area (Å²) in [4.78, 5) is 25.0. The number of aromatic nitrogens is 4. The highest BCUT2D eigenvalue weighted by Crippen LogP contribution is 2.34. The van der Waals surface area contributed by atoms with E-state index in [4.69, 9.17) is 9.47 Å². The minimum atomic E-state index is -0.126. The van der Waals surface area contributed by atoms with Gasteiger partial charge in [-0.15, -0.1) is 0 Å². The number of nitrogens with zero attached hydrogens (tertiary/aromatic N) is 4. The molecule has 1 unspecified atom stereocenters. The number of benzene rings is 1. The lowest BCUT2D eigenvalue weighted by atomic mass is 10.1. The van der Waals surface area contributed by atoms with Gasteiger partial charge in [-0.05, 0) is 37.1 Å². The molecule has 1 aliphatic rings. The molecular weight excluding hydrogens is 346 g/mol. The van der Waals surface area contributed by atoms with Crippen LogP contribution < -0.4 is 14.8 Å². The van der Waals surface area contributed by atoms with Gasteiger partial charge >= 0.3 is 0 Å². The Labute approximate surface area is 156 Å². The smallest absolute Gasteiger partial charge is 0.235 e. The van der Waals surface area contributed by atoms with Crippen molar-refractivity contribution >= 4 is 5.91 Å². The number of ether oxygens (including phenoxy) is 2. The first-order valence-corrected chi connectivity index (χ1v) is 8.68. The average molecular weight is 365 g/mol. The Morgan fingerprint density at radius 1 is 1.26 bits per heavy atom. The fourth-order valence-corrected chi connectivity index (χ4v) is 2.85. The summed E-state index contributed by atoms with van der Waals surface area (Å²) in [6.45, 7) is 2.18. The first-order valence-electron chi connectivity index (χ1n) is 8.68. The maximum absolute atomic E-state index is 12.3. The van der Waals surface area contributed by atoms with Crippen LogP contribution >= 0.6 is 0 Å². The average Bonchev–Trinajstić information content (AvgIpc) is 3.37. The van der Waals surface area contributed by atoms with Gasteiger partial charge in [0.15, 0.2) is 11.5 Å². The third kappa shape index (κ3) is 3.89. The van der Waals surface area contributed by atoms with Gasteiger partial charge < -0.3 is 14.8 Å². The van der Waals surface area contributed by atoms with Crippen molar-refractivity contribution in [3.63, 3.8) is 0 Å². The van der Waals surface area contributed by atoms with Crippen LogP contribution in [0.25, 0.3) is 5.95 Å². The molecule has 0 fully saturated rings. The van der Waals surface area contributed by atoms with Crippen molar-refractivity contribution in [1.29, 1.82) is 0 Å². The maximum atomic E-state index is 12.3. The summed E-state index contributed by atoms with van der Waals surface area (Å²) in [5.41, 5.74) is 1.77. The van der Waals surface area contributed by atoms with Crippen molar-refractivity contribution in [3.8, 4) is 17.4 Å². The van der Waals surface area contributed by atoms with Gasteiger partial charge in [0.2, 0.25) is 18.6 Å². The van der Waals surface area contributed by atoms with Gasteiger partial charge in [0.25, 0.3) is 0 Å². The first kappa shape index (κ1) is 17.0. The Kier molecular flexibility index (Phi) is 4.69. The molecule has 0 saturated heterocycles. The summed E-state index contributed by atoms with van der Waals surface area (Å²) in [7, 11) is 0. The Morgan fingerprint density at radius 2 is 2.15 bits per heavy atom. The highest BCUT2D eigenvalue weighted by molar-refractivity contribution is 5.76. The minimum Gasteiger partial charge on any atom is -0.454 e. The minimum absolute atomic E-state index is 0.0389. The van der Waals surface area contributed by atoms with Gasteiger partial charge in [-0.1, -0.05) is 6.07 Å². The van der Waals surface area contributed by atoms with Crippen LogP contribution in [-0.2, 0) is 11.2 Å². The Morgan fingerprint density at radius 3 is 3.00 bits per heavy atom. The second-order valence-corrected chi connectivity index (χ2v) is 6.22. The summed E-state index contributed by atoms with van der Waals surface area (Å²) >= 11 is 0. The maximum Gasteiger partial charge on any atom is 0.235 e. The van der Waals surface area contributed by atoms with Gasteiger partial charge in [-0.3, -0.25) is 9.36 Å². The van der Waals surface area contributed by atoms with E-state index in [2.05, 4.69) is 20.3 Å². The van der Waals surface area contributed by atoms with E-state index in [0.29, 0.717) is 24.5 Å². The summed E-state index contributed by atoms with van der Waals surface area (Å²) in [6, 6.07) is 7.38. The van der Waals surface area contributed by atoms with Gasteiger partial charge in [-0.25, -0.2) is 15.0 Å². The van der Waals surface area contributed by atoms with E-state index in [0.717, 1.165) is 17.0 Å². The topological polar surface area (TPSA) is 91.2 Å². The van der Waals surface area contributed by atoms with E-state index in [1.807, 2.05) is 31.2 Å². The number of carbonyl (C=O) groups is 1. The second-order valence-electron chi connectivity index (χ2n) is 6.22. The molecule has 0 spiro atoms. The molecule has 2 aromatic heterocycles. The number of hydrogen-bond acceptors (Lipinski definition) is 6. The summed E-state index contributed by atoms with van der Waals surface area (Å²) < 4.78 is 12.4. The lowest BCUT2D eigenvalue weighted by Crippen LogP contribution is -2.26. The van der Waals surface area contributed by atoms with Crippen molar-refractivity contribution in [2.45, 2.75) is 25.8 Å². The Bertz CT molecular complexity index is 942. The predicted molar refractivity (Wildman–Crippen MR) is 96.6 cm³/mol. The number of hydrogen-bond donors (Lipinski definition) is 1. The molecule has 1 aromatic carbocycles. The number of imidazole rings is 1. The van der Waals surface area contributed by atoms with Crippen LogP contribution in [0.4, 0.5) is 0 Å². The van der Waals surface area contributed by atoms with Crippen LogP contribution in [0.3, 0.4) is 0 Å². The summed E-state index contributed by atoms with van der Waals surface area (Å²) in [6.07, 6.45) is 7.64. The number of amides is 1. The molecule has 0 radical (unpaired) electrons. The monoisotopic (exact) mass is 365 g/mol. The molecule has 138 valence electrons. The molecule has 8 heteroatoms. The number of nitrogens with one attached hydrogen (secondary N) is 1. The molecule has 1 amide bonds. The molecule has 1 atom stereocenters. The molecule has 27 heavy (non-hydrogen) atoms. The number of aryl methyl sites for hydroxylation is 1. The SMILES string of the molecule is CC(NC(=O)CCc1ccnc(-n2ccnc2)n1)c1ccc2c(c1)OCO2. The number of rotatable bonds is 6. The number of carbonyl (C=O) groups excluding carboxylic acids is 1. The van der Waals surface area contributed by atoms with Crippen LogP contribution in [0.1, 0.15) is 30.6 Å². The van der Waals surface area contributed by atoms with Gasteiger partial charge in [0.1, 0.15) is 6.33 Å². The highest BCUT2D eigenvalue weighted by Gasteiger charge is 2.17. The van der Waals surface area contributed by atoms with Crippen LogP contribution in [0.15, 0.2) is 49.2 Å². The highest BCUT2D eigenvalue weighted by atomic mass is 16.7. The zero-order valence-electron chi connectivity index (χ0n) is 14.8. The lowest BCUT2D eigenvalue weighted by molar-refractivity contribution is -0.121. The normalized spacial score (nSPS) is 13.4. The Balaban J connectivity index is 1.34. The van der Waals surface area contributed by atoms with E-state index in [1.54, 1.807) is 29.5 Å². The van der Waals surface area contributed by atoms with Crippen molar-refractivity contribution in [1.82, 2.24) is 24.8 Å². The molecule has 0 aliphatic carbocycles. The van der Waals surface area contributed by atoms with Crippen LogP contribution in [0.5, 0.6) is 11.5 Å². The zero-order valence-corrected chi connectivity index (χ0v) is 14.8. The molecule has 3 heterocycles. The molecule has 1 N–H and O–H groups in total. The molecule has 0 bridgehead atoms. The number of fused-ring (bicyclic) bond motifs is 1. The third-order valence-corrected chi connectivity index (χ3v) is 4.32. The summed E-state index contributed by atoms with van der Waals surface area (Å²) in [5, 5.41) is 3.01. The van der Waals surface area contributed by atoms with E-state index in [1.165, 1.54) is 0 Å². The van der Waals surface area contributed by atoms with E-state index in [9.17, 15) is 4.79 Å². The standard InChI is InChI=1S/C19H19N5O3/c1-13(14-2-4-16-17(10-14)27-12-26-16)22-18(25)5-3-15-6-7-21-19(23-15)24-9-8-20-11-24/h2,4,6-11,13H,3,5,12H2,1H3,(H,22,25). The molecular formula is C19H19N5O3. The first-order chi connectivity index (χ1) is 13.2. The molecule has 0 saturated carbocycles. The lowest BCUT2D eigenvalue weighted by Gasteiger charge is -2.15. The van der Waals surface area contributed by atoms with Gasteiger partial charge in [-0.2, -0.15) is 0 Å². The third-order valence-electron chi connectivity index (χ3n) is 4.32. The zero-order chi connectivity index (χ0) is 18.6. The van der Waals surface area contributed by atoms with Crippen LogP contribution in [0, 0.1) is 0 Å². The fourth-order valence-electron chi connectivity index (χ4n) is 2.85. The van der Waals surface area contributed by atoms with Crippen molar-refractivity contribution in [2.24, 2.45) is 0 Å². The van der Waals surface area contributed by atoms with Gasteiger partial charge in [0.05, 0.1) is 6.04 Å². The second kappa shape index (κ2) is 7.45. The summed E-state index contributed by atoms with van der Waals surface area (Å²) in [5.74, 6) is 1.94. The largest absolute Gasteiger partial charge is 0.454 e.